The number of carboxylic acid groups (broad SMARTS) is 1. The van der Waals surface area contributed by atoms with Gasteiger partial charge >= 0.3 is 5.97 Å². The third-order valence-electron chi connectivity index (χ3n) is 4.16. The van der Waals surface area contributed by atoms with Crippen molar-refractivity contribution in [1.82, 2.24) is 0 Å². The average Bonchev–Trinajstić information content (AvgIpc) is 3.01. The molecule has 0 aromatic heterocycles. The minimum atomic E-state index is -0.891. The third kappa shape index (κ3) is 2.20. The Bertz CT molecular complexity index is 581. The number of halogens is 1. The Balaban J connectivity index is 1.78. The summed E-state index contributed by atoms with van der Waals surface area (Å²) in [5.41, 5.74) is 0.635. The molecule has 0 saturated heterocycles. The number of hydrogen-bond donors (Lipinski definition) is 2. The van der Waals surface area contributed by atoms with Gasteiger partial charge in [-0.15, -0.1) is 0 Å². The number of benzene rings is 1. The minimum Gasteiger partial charge on any atom is -0.481 e. The molecular weight excluding hydrogens is 278 g/mol. The number of anilines is 1. The maximum Gasteiger partial charge on any atom is 0.307 e. The Labute approximate surface area is 121 Å². The molecule has 1 saturated carbocycles. The number of nitrogens with one attached hydrogen (secondary N) is 1. The smallest absolute Gasteiger partial charge is 0.307 e. The molecule has 1 aromatic rings. The summed E-state index contributed by atoms with van der Waals surface area (Å²) in [7, 11) is 0. The van der Waals surface area contributed by atoms with Gasteiger partial charge in [0.05, 0.1) is 11.8 Å². The lowest BCUT2D eigenvalue weighted by Gasteiger charge is -2.23. The number of rotatable bonds is 3. The van der Waals surface area contributed by atoms with E-state index in [0.717, 1.165) is 6.42 Å². The fourth-order valence-electron chi connectivity index (χ4n) is 3.28. The molecule has 5 heteroatoms. The van der Waals surface area contributed by atoms with Crippen LogP contribution in [0.25, 0.3) is 0 Å². The SMILES string of the molecule is O=C(Nc1ccc(Cl)cc1)[C@@H]1[C@@H](C(=O)O)[C@H]2C=C[C@@H]1C2. The van der Waals surface area contributed by atoms with E-state index in [4.69, 9.17) is 11.6 Å². The second-order valence-electron chi connectivity index (χ2n) is 5.33. The summed E-state index contributed by atoms with van der Waals surface area (Å²) >= 11 is 5.79. The third-order valence-corrected chi connectivity index (χ3v) is 4.41. The van der Waals surface area contributed by atoms with Crippen molar-refractivity contribution in [2.24, 2.45) is 23.7 Å². The molecule has 1 fully saturated rings. The number of carbonyl (C=O) groups excluding carboxylic acids is 1. The standard InChI is InChI=1S/C15H14ClNO3/c16-10-3-5-11(6-4-10)17-14(18)12-8-1-2-9(7-8)13(12)15(19)20/h1-6,8-9,12-13H,7H2,(H,17,18)(H,19,20)/t8-,9+,12+,13+/m1/s1. The summed E-state index contributed by atoms with van der Waals surface area (Å²) in [6.07, 6.45) is 4.65. The first-order valence-electron chi connectivity index (χ1n) is 6.54. The topological polar surface area (TPSA) is 66.4 Å². The molecule has 1 aromatic carbocycles. The van der Waals surface area contributed by atoms with Gasteiger partial charge in [0.1, 0.15) is 0 Å². The molecule has 2 aliphatic rings. The Morgan fingerprint density at radius 2 is 1.70 bits per heavy atom. The van der Waals surface area contributed by atoms with Crippen LogP contribution in [-0.2, 0) is 9.59 Å². The lowest BCUT2D eigenvalue weighted by Crippen LogP contribution is -2.36. The molecule has 0 heterocycles. The number of carboxylic acids is 1. The highest BCUT2D eigenvalue weighted by atomic mass is 35.5. The largest absolute Gasteiger partial charge is 0.481 e. The highest BCUT2D eigenvalue weighted by molar-refractivity contribution is 6.30. The van der Waals surface area contributed by atoms with Crippen molar-refractivity contribution >= 4 is 29.2 Å². The second-order valence-corrected chi connectivity index (χ2v) is 5.77. The first-order valence-corrected chi connectivity index (χ1v) is 6.91. The van der Waals surface area contributed by atoms with E-state index in [-0.39, 0.29) is 17.7 Å². The summed E-state index contributed by atoms with van der Waals surface area (Å²) in [4.78, 5) is 23.7. The van der Waals surface area contributed by atoms with Crippen molar-refractivity contribution in [2.45, 2.75) is 6.42 Å². The summed E-state index contributed by atoms with van der Waals surface area (Å²) in [6, 6.07) is 6.79. The fraction of sp³-hybridized carbons (Fsp3) is 0.333. The van der Waals surface area contributed by atoms with Crippen LogP contribution in [0.15, 0.2) is 36.4 Å². The van der Waals surface area contributed by atoms with Crippen LogP contribution in [0.4, 0.5) is 5.69 Å². The second kappa shape index (κ2) is 4.94. The molecule has 0 radical (unpaired) electrons. The zero-order valence-corrected chi connectivity index (χ0v) is 11.4. The molecule has 0 spiro atoms. The van der Waals surface area contributed by atoms with Gasteiger partial charge in [0.2, 0.25) is 5.91 Å². The van der Waals surface area contributed by atoms with E-state index in [1.54, 1.807) is 24.3 Å². The molecule has 1 amide bonds. The van der Waals surface area contributed by atoms with E-state index >= 15 is 0 Å². The summed E-state index contributed by atoms with van der Waals surface area (Å²) in [5.74, 6) is -2.20. The van der Waals surface area contributed by atoms with Crippen molar-refractivity contribution < 1.29 is 14.7 Å². The first-order chi connectivity index (χ1) is 9.56. The van der Waals surface area contributed by atoms with E-state index in [9.17, 15) is 14.7 Å². The van der Waals surface area contributed by atoms with Crippen LogP contribution in [0, 0.1) is 23.7 Å². The van der Waals surface area contributed by atoms with Gasteiger partial charge in [-0.1, -0.05) is 23.8 Å². The van der Waals surface area contributed by atoms with Gasteiger partial charge in [0, 0.05) is 10.7 Å². The summed E-state index contributed by atoms with van der Waals surface area (Å²) < 4.78 is 0. The quantitative estimate of drug-likeness (QED) is 0.842. The van der Waals surface area contributed by atoms with E-state index in [2.05, 4.69) is 5.32 Å². The Kier molecular flexibility index (Phi) is 3.26. The van der Waals surface area contributed by atoms with E-state index < -0.39 is 17.8 Å². The van der Waals surface area contributed by atoms with Gasteiger partial charge in [0.15, 0.2) is 0 Å². The van der Waals surface area contributed by atoms with Crippen LogP contribution in [0.5, 0.6) is 0 Å². The van der Waals surface area contributed by atoms with Gasteiger partial charge in [-0.25, -0.2) is 0 Å². The van der Waals surface area contributed by atoms with Crippen molar-refractivity contribution in [2.75, 3.05) is 5.32 Å². The van der Waals surface area contributed by atoms with Crippen LogP contribution in [0.1, 0.15) is 6.42 Å². The van der Waals surface area contributed by atoms with Gasteiger partial charge in [-0.3, -0.25) is 9.59 Å². The van der Waals surface area contributed by atoms with Crippen LogP contribution in [0.2, 0.25) is 5.02 Å². The highest BCUT2D eigenvalue weighted by Gasteiger charge is 2.51. The Morgan fingerprint density at radius 1 is 1.10 bits per heavy atom. The number of hydrogen-bond acceptors (Lipinski definition) is 2. The summed E-state index contributed by atoms with van der Waals surface area (Å²) in [5, 5.41) is 12.7. The molecule has 0 unspecified atom stereocenters. The number of aliphatic carboxylic acids is 1. The molecule has 2 N–H and O–H groups in total. The van der Waals surface area contributed by atoms with Gasteiger partial charge < -0.3 is 10.4 Å². The maximum absolute atomic E-state index is 12.4. The molecule has 4 atom stereocenters. The van der Waals surface area contributed by atoms with Gasteiger partial charge in [-0.05, 0) is 42.5 Å². The highest BCUT2D eigenvalue weighted by Crippen LogP contribution is 2.48. The fourth-order valence-corrected chi connectivity index (χ4v) is 3.40. The lowest BCUT2D eigenvalue weighted by molar-refractivity contribution is -0.146. The van der Waals surface area contributed by atoms with Crippen LogP contribution in [-0.4, -0.2) is 17.0 Å². The monoisotopic (exact) mass is 291 g/mol. The minimum absolute atomic E-state index is 0.0153. The van der Waals surface area contributed by atoms with E-state index in [1.165, 1.54) is 0 Å². The predicted octanol–water partition coefficient (Wildman–Crippen LogP) is 2.80. The van der Waals surface area contributed by atoms with E-state index in [0.29, 0.717) is 10.7 Å². The zero-order valence-electron chi connectivity index (χ0n) is 10.6. The van der Waals surface area contributed by atoms with Crippen molar-refractivity contribution in [3.05, 3.63) is 41.4 Å². The number of carbonyl (C=O) groups is 2. The lowest BCUT2D eigenvalue weighted by atomic mass is 9.82. The zero-order chi connectivity index (χ0) is 14.3. The van der Waals surface area contributed by atoms with Gasteiger partial charge in [-0.2, -0.15) is 0 Å². The van der Waals surface area contributed by atoms with Crippen LogP contribution < -0.4 is 5.32 Å². The Morgan fingerprint density at radius 3 is 2.30 bits per heavy atom. The average molecular weight is 292 g/mol. The Hall–Kier alpha value is -1.81. The maximum atomic E-state index is 12.4. The molecule has 2 bridgehead atoms. The van der Waals surface area contributed by atoms with Gasteiger partial charge in [0.25, 0.3) is 0 Å². The molecule has 2 aliphatic carbocycles. The first kappa shape index (κ1) is 13.2. The number of amides is 1. The van der Waals surface area contributed by atoms with Crippen molar-refractivity contribution in [3.63, 3.8) is 0 Å². The molecule has 20 heavy (non-hydrogen) atoms. The molecule has 3 rings (SSSR count). The van der Waals surface area contributed by atoms with Crippen LogP contribution >= 0.6 is 11.6 Å². The summed E-state index contributed by atoms with van der Waals surface area (Å²) in [6.45, 7) is 0. The van der Waals surface area contributed by atoms with Crippen molar-refractivity contribution in [3.8, 4) is 0 Å². The number of fused-ring (bicyclic) bond motifs is 2. The predicted molar refractivity (Wildman–Crippen MR) is 75.4 cm³/mol. The van der Waals surface area contributed by atoms with Crippen LogP contribution in [0.3, 0.4) is 0 Å². The van der Waals surface area contributed by atoms with Crippen molar-refractivity contribution in [1.29, 1.82) is 0 Å². The number of allylic oxidation sites excluding steroid dienone is 2. The molecule has 104 valence electrons. The molecule has 0 aliphatic heterocycles. The molecule has 4 nitrogen and oxygen atoms in total. The normalized spacial score (nSPS) is 30.4. The molecular formula is C15H14ClNO3. The van der Waals surface area contributed by atoms with E-state index in [1.807, 2.05) is 12.2 Å².